The van der Waals surface area contributed by atoms with Gasteiger partial charge in [0, 0.05) is 5.56 Å². The number of carbonyl (C=O) groups is 1. The lowest BCUT2D eigenvalue weighted by molar-refractivity contribution is 0.0588. The fourth-order valence-electron chi connectivity index (χ4n) is 2.15. The lowest BCUT2D eigenvalue weighted by atomic mass is 9.90. The van der Waals surface area contributed by atoms with E-state index in [1.54, 1.807) is 0 Å². The highest BCUT2D eigenvalue weighted by Gasteiger charge is 2.24. The molecule has 0 saturated heterocycles. The van der Waals surface area contributed by atoms with Gasteiger partial charge in [0.25, 0.3) is 0 Å². The number of ketones is 1. The summed E-state index contributed by atoms with van der Waals surface area (Å²) in [7, 11) is 0. The molecule has 1 unspecified atom stereocenters. The number of rotatable bonds is 6. The van der Waals surface area contributed by atoms with Crippen LogP contribution in [0.25, 0.3) is 0 Å². The zero-order chi connectivity index (χ0) is 13.7. The molecule has 0 bridgehead atoms. The minimum Gasteiger partial charge on any atom is -0.385 e. The van der Waals surface area contributed by atoms with Crippen molar-refractivity contribution in [3.8, 4) is 0 Å². The van der Waals surface area contributed by atoms with Gasteiger partial charge in [0.1, 0.15) is 6.10 Å². The fraction of sp³-hybridized carbons (Fsp3) is 0.562. The second-order valence-corrected chi connectivity index (χ2v) is 5.16. The Kier molecular flexibility index (Phi) is 5.54. The first-order valence-electron chi connectivity index (χ1n) is 6.83. The van der Waals surface area contributed by atoms with E-state index in [1.165, 1.54) is 5.56 Å². The average Bonchev–Trinajstić information content (AvgIpc) is 2.39. The number of hydrogen-bond acceptors (Lipinski definition) is 2. The van der Waals surface area contributed by atoms with Crippen molar-refractivity contribution in [2.45, 2.75) is 52.6 Å². The summed E-state index contributed by atoms with van der Waals surface area (Å²) < 4.78 is 0. The van der Waals surface area contributed by atoms with Crippen molar-refractivity contribution < 1.29 is 9.90 Å². The lowest BCUT2D eigenvalue weighted by Crippen LogP contribution is -2.29. The van der Waals surface area contributed by atoms with Gasteiger partial charge in [-0.1, -0.05) is 64.8 Å². The van der Waals surface area contributed by atoms with Crippen molar-refractivity contribution in [2.75, 3.05) is 0 Å². The summed E-state index contributed by atoms with van der Waals surface area (Å²) in [6.45, 7) is 8.25. The first-order valence-corrected chi connectivity index (χ1v) is 6.83. The van der Waals surface area contributed by atoms with Gasteiger partial charge in [0.05, 0.1) is 0 Å². The van der Waals surface area contributed by atoms with Gasteiger partial charge in [-0.2, -0.15) is 0 Å². The van der Waals surface area contributed by atoms with Crippen LogP contribution in [0.15, 0.2) is 24.3 Å². The van der Waals surface area contributed by atoms with Crippen LogP contribution >= 0.6 is 0 Å². The second-order valence-electron chi connectivity index (χ2n) is 5.16. The predicted molar refractivity (Wildman–Crippen MR) is 74.9 cm³/mol. The first kappa shape index (κ1) is 14.9. The molecule has 0 radical (unpaired) electrons. The summed E-state index contributed by atoms with van der Waals surface area (Å²) in [5.41, 5.74) is 1.82. The molecule has 0 fully saturated rings. The topological polar surface area (TPSA) is 37.3 Å². The van der Waals surface area contributed by atoms with Crippen LogP contribution in [0.4, 0.5) is 0 Å². The van der Waals surface area contributed by atoms with Crippen LogP contribution < -0.4 is 0 Å². The maximum absolute atomic E-state index is 12.1. The first-order chi connectivity index (χ1) is 8.51. The number of Topliss-reactive ketones (excluding diaryl/α,β-unsaturated/α-hetero) is 1. The lowest BCUT2D eigenvalue weighted by Gasteiger charge is -2.19. The molecule has 0 amide bonds. The van der Waals surface area contributed by atoms with E-state index in [1.807, 2.05) is 38.1 Å². The molecule has 1 aromatic rings. The van der Waals surface area contributed by atoms with Gasteiger partial charge < -0.3 is 5.11 Å². The molecule has 0 aliphatic rings. The molecule has 0 aliphatic carbocycles. The van der Waals surface area contributed by atoms with E-state index < -0.39 is 6.10 Å². The Bertz CT molecular complexity index is 375. The molecule has 18 heavy (non-hydrogen) atoms. The van der Waals surface area contributed by atoms with Crippen LogP contribution in [0, 0.1) is 5.92 Å². The fourth-order valence-corrected chi connectivity index (χ4v) is 2.15. The van der Waals surface area contributed by atoms with E-state index >= 15 is 0 Å². The largest absolute Gasteiger partial charge is 0.385 e. The van der Waals surface area contributed by atoms with E-state index in [-0.39, 0.29) is 11.7 Å². The highest BCUT2D eigenvalue weighted by molar-refractivity contribution is 5.99. The molecular weight excluding hydrogens is 224 g/mol. The van der Waals surface area contributed by atoms with Crippen LogP contribution in [0.5, 0.6) is 0 Å². The Balaban J connectivity index is 2.83. The Labute approximate surface area is 110 Å². The van der Waals surface area contributed by atoms with Crippen LogP contribution in [0.1, 0.15) is 62.4 Å². The molecule has 1 aromatic carbocycles. The average molecular weight is 248 g/mol. The third-order valence-electron chi connectivity index (χ3n) is 3.63. The number of carbonyl (C=O) groups excluding carboxylic acids is 1. The van der Waals surface area contributed by atoms with Crippen LogP contribution in [-0.4, -0.2) is 17.0 Å². The van der Waals surface area contributed by atoms with Crippen molar-refractivity contribution in [1.29, 1.82) is 0 Å². The predicted octanol–water partition coefficient (Wildman–Crippen LogP) is 3.79. The number of hydrogen-bond donors (Lipinski definition) is 1. The highest BCUT2D eigenvalue weighted by atomic mass is 16.3. The third kappa shape index (κ3) is 3.42. The van der Waals surface area contributed by atoms with Crippen LogP contribution in [-0.2, 0) is 0 Å². The van der Waals surface area contributed by atoms with Crippen molar-refractivity contribution in [1.82, 2.24) is 0 Å². The number of aliphatic hydroxyl groups excluding tert-OH is 1. The van der Waals surface area contributed by atoms with Crippen LogP contribution in [0.3, 0.4) is 0 Å². The Morgan fingerprint density at radius 2 is 1.61 bits per heavy atom. The molecule has 0 spiro atoms. The van der Waals surface area contributed by atoms with E-state index in [0.717, 1.165) is 12.8 Å². The standard InChI is InChI=1S/C16H24O2/c1-5-12(6-2)15(17)16(18)14-9-7-13(8-10-14)11(3)4/h7-12,15,17H,5-6H2,1-4H3. The summed E-state index contributed by atoms with van der Waals surface area (Å²) in [6.07, 6.45) is 0.783. The molecule has 0 heterocycles. The van der Waals surface area contributed by atoms with Gasteiger partial charge >= 0.3 is 0 Å². The molecule has 100 valence electrons. The molecule has 0 saturated carbocycles. The Morgan fingerprint density at radius 1 is 1.11 bits per heavy atom. The SMILES string of the molecule is CCC(CC)C(O)C(=O)c1ccc(C(C)C)cc1. The monoisotopic (exact) mass is 248 g/mol. The van der Waals surface area contributed by atoms with Gasteiger partial charge in [0.2, 0.25) is 0 Å². The van der Waals surface area contributed by atoms with Gasteiger partial charge in [-0.3, -0.25) is 4.79 Å². The van der Waals surface area contributed by atoms with Crippen molar-refractivity contribution in [2.24, 2.45) is 5.92 Å². The van der Waals surface area contributed by atoms with Crippen molar-refractivity contribution >= 4 is 5.78 Å². The van der Waals surface area contributed by atoms with E-state index in [2.05, 4.69) is 13.8 Å². The molecular formula is C16H24O2. The molecule has 1 atom stereocenters. The third-order valence-corrected chi connectivity index (χ3v) is 3.63. The van der Waals surface area contributed by atoms with E-state index in [4.69, 9.17) is 0 Å². The minimum absolute atomic E-state index is 0.0577. The zero-order valence-corrected chi connectivity index (χ0v) is 11.8. The zero-order valence-electron chi connectivity index (χ0n) is 11.8. The summed E-state index contributed by atoms with van der Waals surface area (Å²) >= 11 is 0. The summed E-state index contributed by atoms with van der Waals surface area (Å²) in [5.74, 6) is 0.361. The summed E-state index contributed by atoms with van der Waals surface area (Å²) in [4.78, 5) is 12.1. The maximum atomic E-state index is 12.1. The smallest absolute Gasteiger partial charge is 0.191 e. The van der Waals surface area contributed by atoms with E-state index in [0.29, 0.717) is 11.5 Å². The molecule has 2 heteroatoms. The molecule has 0 aliphatic heterocycles. The summed E-state index contributed by atoms with van der Waals surface area (Å²) in [6, 6.07) is 7.58. The minimum atomic E-state index is -0.870. The van der Waals surface area contributed by atoms with Gasteiger partial charge in [0.15, 0.2) is 5.78 Å². The van der Waals surface area contributed by atoms with E-state index in [9.17, 15) is 9.90 Å². The number of aliphatic hydroxyl groups is 1. The maximum Gasteiger partial charge on any atom is 0.191 e. The Morgan fingerprint density at radius 3 is 2.00 bits per heavy atom. The number of benzene rings is 1. The quantitative estimate of drug-likeness (QED) is 0.778. The van der Waals surface area contributed by atoms with Gasteiger partial charge in [-0.25, -0.2) is 0 Å². The molecule has 1 rings (SSSR count). The second kappa shape index (κ2) is 6.69. The summed E-state index contributed by atoms with van der Waals surface area (Å²) in [5, 5.41) is 10.1. The molecule has 1 N–H and O–H groups in total. The van der Waals surface area contributed by atoms with Gasteiger partial charge in [-0.15, -0.1) is 0 Å². The molecule has 2 nitrogen and oxygen atoms in total. The van der Waals surface area contributed by atoms with Gasteiger partial charge in [-0.05, 0) is 17.4 Å². The van der Waals surface area contributed by atoms with Crippen molar-refractivity contribution in [3.63, 3.8) is 0 Å². The normalized spacial score (nSPS) is 13.1. The highest BCUT2D eigenvalue weighted by Crippen LogP contribution is 2.19. The Hall–Kier alpha value is -1.15. The van der Waals surface area contributed by atoms with Crippen molar-refractivity contribution in [3.05, 3.63) is 35.4 Å². The molecule has 0 aromatic heterocycles. The van der Waals surface area contributed by atoms with Crippen LogP contribution in [0.2, 0.25) is 0 Å².